The minimum absolute atomic E-state index is 0. The van der Waals surface area contributed by atoms with Crippen LogP contribution in [0.3, 0.4) is 0 Å². The van der Waals surface area contributed by atoms with E-state index >= 15 is 0 Å². The molecule has 25 heavy (non-hydrogen) atoms. The van der Waals surface area contributed by atoms with Crippen LogP contribution in [-0.2, 0) is 0 Å². The Kier molecular flexibility index (Phi) is 7.11. The molecule has 0 aliphatic heterocycles. The zero-order valence-corrected chi connectivity index (χ0v) is 13.8. The molecule has 124 valence electrons. The molecule has 4 nitrogen and oxygen atoms in total. The van der Waals surface area contributed by atoms with E-state index in [0.29, 0.717) is 21.1 Å². The van der Waals surface area contributed by atoms with Crippen molar-refractivity contribution >= 4 is 82.7 Å². The van der Waals surface area contributed by atoms with Gasteiger partial charge in [0.25, 0.3) is 0 Å². The molecule has 0 aliphatic carbocycles. The van der Waals surface area contributed by atoms with Crippen LogP contribution in [0.1, 0.15) is 0 Å². The Bertz CT molecular complexity index is 864. The second-order valence-electron chi connectivity index (χ2n) is 4.93. The predicted molar refractivity (Wildman–Crippen MR) is 105 cm³/mol. The van der Waals surface area contributed by atoms with Crippen molar-refractivity contribution in [2.45, 2.75) is 0 Å². The van der Waals surface area contributed by atoms with Crippen LogP contribution < -0.4 is 0 Å². The number of fused-ring (bicyclic) bond motifs is 2. The van der Waals surface area contributed by atoms with Gasteiger partial charge in [0.1, 0.15) is 22.5 Å². The molecule has 2 aromatic carbocycles. The van der Waals surface area contributed by atoms with Crippen molar-refractivity contribution < 1.29 is 10.2 Å². The molecule has 0 spiro atoms. The summed E-state index contributed by atoms with van der Waals surface area (Å²) < 4.78 is 0. The quantitative estimate of drug-likeness (QED) is 0.432. The Morgan fingerprint density at radius 1 is 0.640 bits per heavy atom. The van der Waals surface area contributed by atoms with Crippen LogP contribution in [0.5, 0.6) is 11.5 Å². The van der Waals surface area contributed by atoms with Crippen molar-refractivity contribution in [3.63, 3.8) is 0 Å². The molecule has 2 aromatic heterocycles. The third-order valence-electron chi connectivity index (χ3n) is 3.39. The number of pyridine rings is 2. The van der Waals surface area contributed by atoms with E-state index in [1.165, 1.54) is 12.1 Å². The average molecular weight is 401 g/mol. The van der Waals surface area contributed by atoms with Crippen LogP contribution in [-0.4, -0.2) is 57.9 Å². The number of phenols is 2. The van der Waals surface area contributed by atoms with Crippen molar-refractivity contribution in [2.75, 3.05) is 0 Å². The molecule has 2 heterocycles. The van der Waals surface area contributed by atoms with Crippen molar-refractivity contribution in [3.05, 3.63) is 71.0 Å². The van der Waals surface area contributed by atoms with Gasteiger partial charge in [-0.2, -0.15) is 0 Å². The number of hydrogen-bond acceptors (Lipinski definition) is 4. The summed E-state index contributed by atoms with van der Waals surface area (Å²) in [6.07, 6.45) is 3.25. The van der Waals surface area contributed by atoms with Crippen LogP contribution in [0.2, 0.25) is 10.0 Å². The van der Waals surface area contributed by atoms with Gasteiger partial charge in [0.15, 0.2) is 0 Å². The van der Waals surface area contributed by atoms with Gasteiger partial charge in [-0.1, -0.05) is 23.2 Å². The molecule has 0 saturated heterocycles. The third kappa shape index (κ3) is 4.46. The summed E-state index contributed by atoms with van der Waals surface area (Å²) in [4.78, 5) is 8.01. The van der Waals surface area contributed by atoms with Gasteiger partial charge in [-0.3, -0.25) is 9.97 Å². The number of rotatable bonds is 0. The van der Waals surface area contributed by atoms with Gasteiger partial charge in [0, 0.05) is 23.2 Å². The summed E-state index contributed by atoms with van der Waals surface area (Å²) in [5.41, 5.74) is 1.09. The van der Waals surface area contributed by atoms with Gasteiger partial charge in [-0.15, -0.1) is 0 Å². The maximum atomic E-state index is 9.37. The number of phenolic OH excluding ortho intramolecular Hbond substituents is 2. The van der Waals surface area contributed by atoms with E-state index in [1.54, 1.807) is 36.7 Å². The van der Waals surface area contributed by atoms with Crippen LogP contribution in [0.4, 0.5) is 0 Å². The first-order chi connectivity index (χ1) is 11.6. The first kappa shape index (κ1) is 20.0. The van der Waals surface area contributed by atoms with Crippen LogP contribution in [0, 0.1) is 0 Å². The molecular formula is C18H14CaCl2N2O2. The Morgan fingerprint density at radius 3 is 1.40 bits per heavy atom. The zero-order chi connectivity index (χ0) is 17.1. The SMILES string of the molecule is Oc1ccc(Cl)c2cccnc12.Oc1ccc(Cl)c2cccnc12.[CaH2]. The van der Waals surface area contributed by atoms with Crippen molar-refractivity contribution in [3.8, 4) is 11.5 Å². The number of nitrogens with zero attached hydrogens (tertiary/aromatic N) is 2. The van der Waals surface area contributed by atoms with Crippen LogP contribution >= 0.6 is 23.2 Å². The Morgan fingerprint density at radius 2 is 1.04 bits per heavy atom. The van der Waals surface area contributed by atoms with E-state index in [-0.39, 0.29) is 49.2 Å². The van der Waals surface area contributed by atoms with Gasteiger partial charge in [-0.05, 0) is 48.5 Å². The van der Waals surface area contributed by atoms with Crippen molar-refractivity contribution in [1.29, 1.82) is 0 Å². The molecule has 0 unspecified atom stereocenters. The Balaban J connectivity index is 0.000000173. The second-order valence-corrected chi connectivity index (χ2v) is 5.75. The summed E-state index contributed by atoms with van der Waals surface area (Å²) >= 11 is 11.8. The van der Waals surface area contributed by atoms with Crippen molar-refractivity contribution in [2.24, 2.45) is 0 Å². The molecule has 0 atom stereocenters. The molecule has 2 N–H and O–H groups in total. The first-order valence-electron chi connectivity index (χ1n) is 7.02. The molecule has 0 saturated carbocycles. The molecule has 0 amide bonds. The van der Waals surface area contributed by atoms with E-state index in [4.69, 9.17) is 23.2 Å². The number of aromatic nitrogens is 2. The van der Waals surface area contributed by atoms with Crippen LogP contribution in [0.15, 0.2) is 60.9 Å². The molecule has 0 bridgehead atoms. The molecule has 0 fully saturated rings. The van der Waals surface area contributed by atoms with Gasteiger partial charge >= 0.3 is 37.7 Å². The van der Waals surface area contributed by atoms with Gasteiger partial charge in [0.05, 0.1) is 10.0 Å². The zero-order valence-electron chi connectivity index (χ0n) is 12.3. The normalized spacial score (nSPS) is 10.0. The fraction of sp³-hybridized carbons (Fsp3) is 0. The summed E-state index contributed by atoms with van der Waals surface area (Å²) in [6, 6.07) is 13.6. The number of halogens is 2. The third-order valence-corrected chi connectivity index (χ3v) is 4.05. The van der Waals surface area contributed by atoms with Crippen molar-refractivity contribution in [1.82, 2.24) is 9.97 Å². The predicted octanol–water partition coefficient (Wildman–Crippen LogP) is 4.27. The summed E-state index contributed by atoms with van der Waals surface area (Å²) in [5.74, 6) is 0.324. The molecule has 0 radical (unpaired) electrons. The monoisotopic (exact) mass is 400 g/mol. The fourth-order valence-corrected chi connectivity index (χ4v) is 2.68. The Labute approximate surface area is 184 Å². The van der Waals surface area contributed by atoms with E-state index in [0.717, 1.165) is 10.8 Å². The first-order valence-corrected chi connectivity index (χ1v) is 7.78. The maximum absolute atomic E-state index is 9.37. The molecule has 7 heteroatoms. The second kappa shape index (κ2) is 8.88. The molecular weight excluding hydrogens is 387 g/mol. The molecule has 4 rings (SSSR count). The topological polar surface area (TPSA) is 66.2 Å². The minimum atomic E-state index is 0. The summed E-state index contributed by atoms with van der Waals surface area (Å²) in [7, 11) is 0. The Hall–Kier alpha value is -1.30. The van der Waals surface area contributed by atoms with E-state index in [1.807, 2.05) is 12.1 Å². The summed E-state index contributed by atoms with van der Waals surface area (Å²) in [5, 5.41) is 21.5. The number of benzene rings is 2. The standard InChI is InChI=1S/2C9H6ClNO.Ca.2H/c2*10-7-3-4-8(12)9-6(7)2-1-5-11-9;;;/h2*1-5,12H;;;. The van der Waals surface area contributed by atoms with E-state index in [9.17, 15) is 10.2 Å². The molecule has 0 aliphatic rings. The average Bonchev–Trinajstić information content (AvgIpc) is 2.63. The van der Waals surface area contributed by atoms with Gasteiger partial charge < -0.3 is 10.2 Å². The number of aromatic hydroxyl groups is 2. The fourth-order valence-electron chi connectivity index (χ4n) is 2.25. The van der Waals surface area contributed by atoms with Crippen LogP contribution in [0.25, 0.3) is 21.8 Å². The van der Waals surface area contributed by atoms with E-state index < -0.39 is 0 Å². The van der Waals surface area contributed by atoms with Gasteiger partial charge in [0.2, 0.25) is 0 Å². The van der Waals surface area contributed by atoms with E-state index in [2.05, 4.69) is 9.97 Å². The summed E-state index contributed by atoms with van der Waals surface area (Å²) in [6.45, 7) is 0. The number of hydrogen-bond donors (Lipinski definition) is 2. The van der Waals surface area contributed by atoms with Gasteiger partial charge in [-0.25, -0.2) is 0 Å². The molecule has 4 aromatic rings.